The van der Waals surface area contributed by atoms with E-state index in [2.05, 4.69) is 12.1 Å². The van der Waals surface area contributed by atoms with Crippen LogP contribution >= 0.6 is 0 Å². The second kappa shape index (κ2) is 9.42. The van der Waals surface area contributed by atoms with Gasteiger partial charge in [0.15, 0.2) is 11.6 Å². The summed E-state index contributed by atoms with van der Waals surface area (Å²) in [5, 5.41) is 11.0. The molecule has 0 atom stereocenters. The topological polar surface area (TPSA) is 94.3 Å². The Bertz CT molecular complexity index is 1420. The molecule has 5 rings (SSSR count). The Morgan fingerprint density at radius 1 is 0.647 bits per heavy atom. The molecule has 0 aromatic heterocycles. The molecule has 0 aliphatic heterocycles. The third kappa shape index (κ3) is 4.29. The average molecular weight is 449 g/mol. The van der Waals surface area contributed by atoms with E-state index in [1.54, 1.807) is 25.1 Å². The summed E-state index contributed by atoms with van der Waals surface area (Å²) in [4.78, 5) is 46.0. The zero-order valence-electron chi connectivity index (χ0n) is 18.2. The van der Waals surface area contributed by atoms with Crippen molar-refractivity contribution in [1.29, 1.82) is 0 Å². The van der Waals surface area contributed by atoms with E-state index in [9.17, 15) is 24.5 Å². The van der Waals surface area contributed by atoms with Crippen LogP contribution in [0.15, 0.2) is 97.1 Å². The van der Waals surface area contributed by atoms with Crippen molar-refractivity contribution < 1.29 is 19.3 Å². The summed E-state index contributed by atoms with van der Waals surface area (Å²) in [5.74, 6) is -0.721. The van der Waals surface area contributed by atoms with Crippen LogP contribution in [0, 0.1) is 10.1 Å². The van der Waals surface area contributed by atoms with Crippen molar-refractivity contribution in [1.82, 2.24) is 0 Å². The first-order valence-electron chi connectivity index (χ1n) is 10.5. The zero-order valence-corrected chi connectivity index (χ0v) is 18.2. The van der Waals surface area contributed by atoms with E-state index in [0.717, 1.165) is 11.1 Å². The van der Waals surface area contributed by atoms with E-state index >= 15 is 0 Å². The van der Waals surface area contributed by atoms with Crippen LogP contribution in [0.4, 0.5) is 5.69 Å². The summed E-state index contributed by atoms with van der Waals surface area (Å²) in [6.45, 7) is 1.58. The molecule has 1 aliphatic rings. The lowest BCUT2D eigenvalue weighted by Gasteiger charge is -2.16. The van der Waals surface area contributed by atoms with Gasteiger partial charge in [0.05, 0.1) is 4.92 Å². The van der Waals surface area contributed by atoms with Gasteiger partial charge >= 0.3 is 0 Å². The maximum absolute atomic E-state index is 12.3. The van der Waals surface area contributed by atoms with Crippen LogP contribution in [0.1, 0.15) is 49.1 Å². The predicted molar refractivity (Wildman–Crippen MR) is 128 cm³/mol. The van der Waals surface area contributed by atoms with Crippen LogP contribution in [0.5, 0.6) is 0 Å². The van der Waals surface area contributed by atoms with E-state index in [-0.39, 0.29) is 33.9 Å². The molecule has 0 saturated carbocycles. The Morgan fingerprint density at radius 2 is 1.18 bits per heavy atom. The molecule has 1 aliphatic carbocycles. The number of rotatable bonds is 3. The highest BCUT2D eigenvalue weighted by atomic mass is 16.6. The van der Waals surface area contributed by atoms with Gasteiger partial charge in [0.2, 0.25) is 5.78 Å². The summed E-state index contributed by atoms with van der Waals surface area (Å²) < 4.78 is 0. The monoisotopic (exact) mass is 449 g/mol. The molecule has 0 N–H and O–H groups in total. The predicted octanol–water partition coefficient (Wildman–Crippen LogP) is 5.93. The van der Waals surface area contributed by atoms with Crippen LogP contribution in [-0.4, -0.2) is 22.3 Å². The lowest BCUT2D eigenvalue weighted by Crippen LogP contribution is -2.21. The minimum absolute atomic E-state index is 0.0953. The molecular formula is C28H19NO5. The number of hydrogen-bond donors (Lipinski definition) is 0. The van der Waals surface area contributed by atoms with Crippen molar-refractivity contribution in [2.24, 2.45) is 0 Å². The molecule has 0 fully saturated rings. The highest BCUT2D eigenvalue weighted by Gasteiger charge is 2.34. The molecule has 6 heteroatoms. The fraction of sp³-hybridized carbons (Fsp3) is 0.0357. The van der Waals surface area contributed by atoms with Crippen LogP contribution in [-0.2, 0) is 0 Å². The average Bonchev–Trinajstić information content (AvgIpc) is 2.88. The molecule has 34 heavy (non-hydrogen) atoms. The first-order valence-corrected chi connectivity index (χ1v) is 10.5. The van der Waals surface area contributed by atoms with Crippen LogP contribution in [0.2, 0.25) is 0 Å². The van der Waals surface area contributed by atoms with Gasteiger partial charge in [-0.1, -0.05) is 84.9 Å². The minimum atomic E-state index is -0.641. The molecule has 4 aromatic rings. The Hall–Kier alpha value is -4.71. The summed E-state index contributed by atoms with van der Waals surface area (Å²) in [7, 11) is 0. The second-order valence-electron chi connectivity index (χ2n) is 7.66. The molecule has 0 amide bonds. The largest absolute Gasteiger partial charge is 0.295 e. The van der Waals surface area contributed by atoms with Crippen molar-refractivity contribution in [2.75, 3.05) is 0 Å². The van der Waals surface area contributed by atoms with Crippen LogP contribution < -0.4 is 0 Å². The zero-order chi connectivity index (χ0) is 24.2. The van der Waals surface area contributed by atoms with E-state index < -0.39 is 10.7 Å². The summed E-state index contributed by atoms with van der Waals surface area (Å²) in [5.41, 5.74) is 3.23. The summed E-state index contributed by atoms with van der Waals surface area (Å²) in [6, 6.07) is 28.3. The van der Waals surface area contributed by atoms with Gasteiger partial charge in [-0.05, 0) is 24.1 Å². The Kier molecular flexibility index (Phi) is 6.23. The molecule has 6 nitrogen and oxygen atoms in total. The minimum Gasteiger partial charge on any atom is -0.295 e. The highest BCUT2D eigenvalue weighted by molar-refractivity contribution is 6.29. The quantitative estimate of drug-likeness (QED) is 0.193. The molecule has 166 valence electrons. The van der Waals surface area contributed by atoms with Crippen molar-refractivity contribution in [3.8, 4) is 11.1 Å². The highest BCUT2D eigenvalue weighted by Crippen LogP contribution is 2.32. The second-order valence-corrected chi connectivity index (χ2v) is 7.66. The van der Waals surface area contributed by atoms with Gasteiger partial charge in [0, 0.05) is 28.3 Å². The van der Waals surface area contributed by atoms with Crippen molar-refractivity contribution >= 4 is 23.0 Å². The number of hydrogen-bond acceptors (Lipinski definition) is 5. The van der Waals surface area contributed by atoms with E-state index in [1.165, 1.54) is 29.8 Å². The number of nitro groups is 1. The Morgan fingerprint density at radius 3 is 1.76 bits per heavy atom. The fourth-order valence-electron chi connectivity index (χ4n) is 3.81. The number of Topliss-reactive ketones (excluding diaryl/α,β-unsaturated/α-hetero) is 1. The van der Waals surface area contributed by atoms with Gasteiger partial charge in [0.1, 0.15) is 5.56 Å². The van der Waals surface area contributed by atoms with Crippen LogP contribution in [0.25, 0.3) is 11.1 Å². The smallest absolute Gasteiger partial charge is 0.281 e. The molecule has 0 saturated heterocycles. The maximum atomic E-state index is 12.3. The fourth-order valence-corrected chi connectivity index (χ4v) is 3.81. The van der Waals surface area contributed by atoms with Crippen molar-refractivity contribution in [3.05, 3.63) is 135 Å². The number of nitro benzene ring substituents is 1. The third-order valence-electron chi connectivity index (χ3n) is 5.53. The van der Waals surface area contributed by atoms with Gasteiger partial charge in [-0.3, -0.25) is 24.5 Å². The van der Waals surface area contributed by atoms with Gasteiger partial charge in [-0.25, -0.2) is 0 Å². The van der Waals surface area contributed by atoms with Gasteiger partial charge in [0.25, 0.3) is 5.69 Å². The van der Waals surface area contributed by atoms with Gasteiger partial charge in [-0.2, -0.15) is 0 Å². The van der Waals surface area contributed by atoms with E-state index in [4.69, 9.17) is 0 Å². The van der Waals surface area contributed by atoms with E-state index in [0.29, 0.717) is 5.56 Å². The summed E-state index contributed by atoms with van der Waals surface area (Å²) in [6.07, 6.45) is 0. The van der Waals surface area contributed by atoms with E-state index in [1.807, 2.05) is 42.5 Å². The van der Waals surface area contributed by atoms with Crippen molar-refractivity contribution in [3.63, 3.8) is 0 Å². The number of carbonyl (C=O) groups is 3. The van der Waals surface area contributed by atoms with Gasteiger partial charge in [-0.15, -0.1) is 0 Å². The molecular weight excluding hydrogens is 430 g/mol. The number of ketones is 3. The van der Waals surface area contributed by atoms with Gasteiger partial charge < -0.3 is 0 Å². The lowest BCUT2D eigenvalue weighted by atomic mass is 9.83. The van der Waals surface area contributed by atoms with Crippen molar-refractivity contribution in [2.45, 2.75) is 6.92 Å². The Balaban J connectivity index is 0.000000166. The molecule has 4 aromatic carbocycles. The normalized spacial score (nSPS) is 11.6. The standard InChI is InChI=1S/C14H7NO4.C14H12O/c16-13-8-4-1-2-5-9(8)14(17)12-10(13)6-3-7-11(12)15(18)19;1-11(15)12-7-9-14(10-8-12)13-5-3-2-4-6-13/h1-7H;2-10H,1H3. The third-order valence-corrected chi connectivity index (χ3v) is 5.53. The lowest BCUT2D eigenvalue weighted by molar-refractivity contribution is -0.385. The molecule has 0 unspecified atom stereocenters. The Labute approximate surface area is 195 Å². The SMILES string of the molecule is CC(=O)c1ccc(-c2ccccc2)cc1.O=C1c2ccccc2C(=O)c2c1cccc2[N+](=O)[O-]. The molecule has 0 spiro atoms. The molecule has 0 bridgehead atoms. The number of carbonyl (C=O) groups excluding carboxylic acids is 3. The molecule has 0 radical (unpaired) electrons. The maximum Gasteiger partial charge on any atom is 0.281 e. The number of nitrogens with zero attached hydrogens (tertiary/aromatic N) is 1. The first-order chi connectivity index (χ1) is 16.4. The number of fused-ring (bicyclic) bond motifs is 2. The number of benzene rings is 4. The summed E-state index contributed by atoms with van der Waals surface area (Å²) >= 11 is 0. The molecule has 0 heterocycles. The van der Waals surface area contributed by atoms with Crippen LogP contribution in [0.3, 0.4) is 0 Å². The first kappa shape index (κ1) is 22.5.